The van der Waals surface area contributed by atoms with E-state index in [1.807, 2.05) is 0 Å². The van der Waals surface area contributed by atoms with Gasteiger partial charge in [-0.25, -0.2) is 0 Å². The van der Waals surface area contributed by atoms with Gasteiger partial charge in [-0.2, -0.15) is 0 Å². The molecule has 0 fully saturated rings. The third-order valence-corrected chi connectivity index (χ3v) is 2.16. The number of rotatable bonds is 1. The van der Waals surface area contributed by atoms with Crippen molar-refractivity contribution in [3.8, 4) is 0 Å². The predicted molar refractivity (Wildman–Crippen MR) is 54.3 cm³/mol. The molecule has 0 N–H and O–H groups in total. The van der Waals surface area contributed by atoms with Crippen LogP contribution in [0.25, 0.3) is 0 Å². The van der Waals surface area contributed by atoms with Crippen LogP contribution in [-0.2, 0) is 24.3 Å². The van der Waals surface area contributed by atoms with Crippen LogP contribution in [0, 0.1) is 11.8 Å². The van der Waals surface area contributed by atoms with E-state index in [2.05, 4.69) is 24.3 Å². The van der Waals surface area contributed by atoms with Gasteiger partial charge in [0, 0.05) is 19.5 Å². The van der Waals surface area contributed by atoms with Gasteiger partial charge in [0.15, 0.2) is 5.78 Å². The van der Waals surface area contributed by atoms with Crippen molar-refractivity contribution in [2.24, 2.45) is 11.8 Å². The average Bonchev–Trinajstić information content (AvgIpc) is 2.63. The molecule has 1 radical (unpaired) electrons. The maximum absolute atomic E-state index is 9.98. The molecule has 0 atom stereocenters. The number of hydrogen-bond acceptors (Lipinski definition) is 2. The Balaban J connectivity index is 0.000000245. The predicted octanol–water partition coefficient (Wildman–Crippen LogP) is 1.59. The van der Waals surface area contributed by atoms with Gasteiger partial charge in [-0.15, -0.1) is 5.76 Å². The van der Waals surface area contributed by atoms with E-state index in [9.17, 15) is 9.90 Å². The summed E-state index contributed by atoms with van der Waals surface area (Å²) in [7, 11) is 0. The minimum Gasteiger partial charge on any atom is -0.876 e. The van der Waals surface area contributed by atoms with E-state index >= 15 is 0 Å². The molecule has 2 aliphatic carbocycles. The topological polar surface area (TPSA) is 40.1 Å². The van der Waals surface area contributed by atoms with Crippen LogP contribution in [0.3, 0.4) is 0 Å². The molecular formula is C12H15O2Rh-. The van der Waals surface area contributed by atoms with Crippen molar-refractivity contribution in [1.82, 2.24) is 0 Å². The van der Waals surface area contributed by atoms with E-state index in [0.29, 0.717) is 0 Å². The maximum atomic E-state index is 9.98. The van der Waals surface area contributed by atoms with Crippen LogP contribution < -0.4 is 5.11 Å². The standard InChI is InChI=1S/C7H8.C5H8O2.Rh/c1-2-7-4-3-6(1)5-7;1-4(6)3-5(2)7;/h1-4,6-7H,5H2;3,6H,1-2H3;/p-1. The minimum absolute atomic E-state index is 0. The third-order valence-electron chi connectivity index (χ3n) is 2.16. The Kier molecular flexibility index (Phi) is 6.43. The Morgan fingerprint density at radius 2 is 1.60 bits per heavy atom. The van der Waals surface area contributed by atoms with Crippen LogP contribution in [0.4, 0.5) is 0 Å². The Labute approximate surface area is 104 Å². The Hall–Kier alpha value is -0.687. The van der Waals surface area contributed by atoms with Gasteiger partial charge in [-0.1, -0.05) is 31.2 Å². The van der Waals surface area contributed by atoms with Gasteiger partial charge in [-0.05, 0) is 31.3 Å². The van der Waals surface area contributed by atoms with E-state index in [-0.39, 0.29) is 31.0 Å². The largest absolute Gasteiger partial charge is 0.876 e. The summed E-state index contributed by atoms with van der Waals surface area (Å²) >= 11 is 0. The van der Waals surface area contributed by atoms with Crippen LogP contribution in [0.1, 0.15) is 20.3 Å². The van der Waals surface area contributed by atoms with Crippen molar-refractivity contribution in [2.45, 2.75) is 20.3 Å². The monoisotopic (exact) mass is 294 g/mol. The molecule has 15 heavy (non-hydrogen) atoms. The van der Waals surface area contributed by atoms with E-state index in [4.69, 9.17) is 0 Å². The van der Waals surface area contributed by atoms with Crippen LogP contribution in [0.2, 0.25) is 0 Å². The molecule has 2 nitrogen and oxygen atoms in total. The Bertz CT molecular complexity index is 271. The van der Waals surface area contributed by atoms with Crippen molar-refractivity contribution < 1.29 is 29.4 Å². The molecule has 0 aromatic heterocycles. The SMILES string of the molecule is C1=CC2C=CC1C2.CC(=O)C=C(C)[O-].[Rh]. The van der Waals surface area contributed by atoms with Crippen LogP contribution in [-0.4, -0.2) is 5.78 Å². The van der Waals surface area contributed by atoms with Crippen molar-refractivity contribution in [3.63, 3.8) is 0 Å². The summed E-state index contributed by atoms with van der Waals surface area (Å²) in [6.45, 7) is 2.70. The van der Waals surface area contributed by atoms with Gasteiger partial charge in [-0.3, -0.25) is 4.79 Å². The molecule has 0 aromatic rings. The van der Waals surface area contributed by atoms with Gasteiger partial charge in [0.25, 0.3) is 0 Å². The van der Waals surface area contributed by atoms with Gasteiger partial charge >= 0.3 is 0 Å². The van der Waals surface area contributed by atoms with Crippen molar-refractivity contribution >= 4 is 5.78 Å². The van der Waals surface area contributed by atoms with E-state index in [0.717, 1.165) is 17.9 Å². The molecule has 3 heteroatoms. The zero-order valence-electron chi connectivity index (χ0n) is 8.90. The smallest absolute Gasteiger partial charge is 0.151 e. The summed E-state index contributed by atoms with van der Waals surface area (Å²) in [5.41, 5.74) is 0. The molecule has 0 saturated heterocycles. The van der Waals surface area contributed by atoms with Crippen molar-refractivity contribution in [2.75, 3.05) is 0 Å². The van der Waals surface area contributed by atoms with Gasteiger partial charge in [0.05, 0.1) is 0 Å². The Morgan fingerprint density at radius 3 is 1.67 bits per heavy atom. The molecule has 2 rings (SSSR count). The zero-order valence-corrected chi connectivity index (χ0v) is 10.5. The second kappa shape index (κ2) is 6.73. The molecule has 0 unspecified atom stereocenters. The first-order valence-electron chi connectivity index (χ1n) is 4.80. The van der Waals surface area contributed by atoms with Gasteiger partial charge in [0.2, 0.25) is 0 Å². The quantitative estimate of drug-likeness (QED) is 0.319. The molecule has 0 spiro atoms. The third kappa shape index (κ3) is 5.68. The van der Waals surface area contributed by atoms with Crippen LogP contribution in [0.5, 0.6) is 0 Å². The van der Waals surface area contributed by atoms with Crippen LogP contribution in [0.15, 0.2) is 36.1 Å². The number of carbonyl (C=O) groups is 1. The number of allylic oxidation sites excluding steroid dienone is 6. The fraction of sp³-hybridized carbons (Fsp3) is 0.417. The summed E-state index contributed by atoms with van der Waals surface area (Å²) in [6.07, 6.45) is 11.6. The molecule has 2 aliphatic rings. The summed E-state index contributed by atoms with van der Waals surface area (Å²) in [4.78, 5) is 9.98. The molecule has 0 saturated carbocycles. The summed E-state index contributed by atoms with van der Waals surface area (Å²) < 4.78 is 0. The first-order chi connectivity index (χ1) is 6.58. The number of fused-ring (bicyclic) bond motifs is 2. The number of carbonyl (C=O) groups excluding carboxylic acids is 1. The normalized spacial score (nSPS) is 25.6. The fourth-order valence-corrected chi connectivity index (χ4v) is 1.61. The van der Waals surface area contributed by atoms with E-state index in [1.54, 1.807) is 0 Å². The van der Waals surface area contributed by atoms with Gasteiger partial charge in [0.1, 0.15) is 0 Å². The minimum atomic E-state index is -0.187. The second-order valence-electron chi connectivity index (χ2n) is 3.70. The fourth-order valence-electron chi connectivity index (χ4n) is 1.61. The van der Waals surface area contributed by atoms with Crippen molar-refractivity contribution in [1.29, 1.82) is 0 Å². The molecule has 0 aliphatic heterocycles. The molecular weight excluding hydrogens is 279 g/mol. The Morgan fingerprint density at radius 1 is 1.20 bits per heavy atom. The molecule has 0 amide bonds. The summed E-state index contributed by atoms with van der Waals surface area (Å²) in [5.74, 6) is 1.25. The number of hydrogen-bond donors (Lipinski definition) is 0. The summed E-state index contributed by atoms with van der Waals surface area (Å²) in [5, 5.41) is 9.98. The first kappa shape index (κ1) is 14.3. The zero-order chi connectivity index (χ0) is 10.6. The molecule has 0 heterocycles. The van der Waals surface area contributed by atoms with Crippen molar-refractivity contribution in [3.05, 3.63) is 36.1 Å². The number of ketones is 1. The maximum Gasteiger partial charge on any atom is 0.151 e. The van der Waals surface area contributed by atoms with Crippen LogP contribution >= 0.6 is 0 Å². The van der Waals surface area contributed by atoms with E-state index < -0.39 is 0 Å². The average molecular weight is 294 g/mol. The second-order valence-corrected chi connectivity index (χ2v) is 3.70. The molecule has 2 bridgehead atoms. The first-order valence-corrected chi connectivity index (χ1v) is 4.80. The molecule has 85 valence electrons. The van der Waals surface area contributed by atoms with Gasteiger partial charge < -0.3 is 5.11 Å². The van der Waals surface area contributed by atoms with E-state index in [1.165, 1.54) is 20.3 Å². The molecule has 0 aromatic carbocycles. The summed E-state index contributed by atoms with van der Waals surface area (Å²) in [6, 6.07) is 0.